The van der Waals surface area contributed by atoms with E-state index in [9.17, 15) is 4.79 Å². The van der Waals surface area contributed by atoms with Gasteiger partial charge in [0, 0.05) is 56.5 Å². The highest BCUT2D eigenvalue weighted by molar-refractivity contribution is 7.10. The molecule has 7 heteroatoms. The lowest BCUT2D eigenvalue weighted by molar-refractivity contribution is 0.0756. The Labute approximate surface area is 164 Å². The highest BCUT2D eigenvalue weighted by atomic mass is 32.1. The van der Waals surface area contributed by atoms with Crippen LogP contribution in [-0.4, -0.2) is 71.5 Å². The third kappa shape index (κ3) is 4.47. The summed E-state index contributed by atoms with van der Waals surface area (Å²) in [6, 6.07) is 3.85. The van der Waals surface area contributed by atoms with Gasteiger partial charge in [-0.05, 0) is 49.7 Å². The number of amides is 1. The lowest BCUT2D eigenvalue weighted by Gasteiger charge is -2.34. The van der Waals surface area contributed by atoms with Crippen molar-refractivity contribution < 1.29 is 4.79 Å². The molecule has 2 aliphatic heterocycles. The summed E-state index contributed by atoms with van der Waals surface area (Å²) in [5.74, 6) is 1.07. The van der Waals surface area contributed by atoms with Crippen LogP contribution < -0.4 is 4.90 Å². The van der Waals surface area contributed by atoms with Gasteiger partial charge >= 0.3 is 0 Å². The van der Waals surface area contributed by atoms with Crippen LogP contribution in [-0.2, 0) is 6.42 Å². The van der Waals surface area contributed by atoms with Gasteiger partial charge in [-0.1, -0.05) is 0 Å². The Hall–Kier alpha value is -1.99. The van der Waals surface area contributed by atoms with Crippen LogP contribution in [0.5, 0.6) is 0 Å². The van der Waals surface area contributed by atoms with Crippen molar-refractivity contribution >= 4 is 23.2 Å². The average molecular weight is 386 g/mol. The van der Waals surface area contributed by atoms with Crippen molar-refractivity contribution in [2.45, 2.75) is 25.7 Å². The van der Waals surface area contributed by atoms with Gasteiger partial charge in [0.2, 0.25) is 5.95 Å². The van der Waals surface area contributed by atoms with E-state index in [0.717, 1.165) is 83.0 Å². The molecule has 144 valence electrons. The second-order valence-corrected chi connectivity index (χ2v) is 8.24. The van der Waals surface area contributed by atoms with E-state index in [2.05, 4.69) is 24.7 Å². The largest absolute Gasteiger partial charge is 0.339 e. The summed E-state index contributed by atoms with van der Waals surface area (Å²) in [5.41, 5.74) is 0.941. The van der Waals surface area contributed by atoms with Crippen LogP contribution in [0.15, 0.2) is 29.9 Å². The minimum absolute atomic E-state index is 0.236. The summed E-state index contributed by atoms with van der Waals surface area (Å²) >= 11 is 1.72. The minimum Gasteiger partial charge on any atom is -0.339 e. The number of anilines is 1. The van der Waals surface area contributed by atoms with E-state index in [1.165, 1.54) is 4.88 Å². The molecule has 2 aliphatic rings. The van der Waals surface area contributed by atoms with Crippen LogP contribution in [0.2, 0.25) is 0 Å². The number of fused-ring (bicyclic) bond motifs is 1. The smallest absolute Gasteiger partial charge is 0.254 e. The maximum atomic E-state index is 12.7. The number of piperazine rings is 1. The molecule has 27 heavy (non-hydrogen) atoms. The fraction of sp³-hybridized carbons (Fsp3) is 0.550. The molecular formula is C20H27N5OS. The molecule has 0 radical (unpaired) electrons. The second kappa shape index (κ2) is 8.80. The number of thiophene rings is 1. The van der Waals surface area contributed by atoms with Crippen molar-refractivity contribution in [1.29, 1.82) is 0 Å². The van der Waals surface area contributed by atoms with Gasteiger partial charge in [-0.25, -0.2) is 9.97 Å². The number of carbonyl (C=O) groups is 1. The van der Waals surface area contributed by atoms with Crippen molar-refractivity contribution in [2.75, 3.05) is 50.7 Å². The molecule has 0 aromatic carbocycles. The zero-order valence-electron chi connectivity index (χ0n) is 15.7. The molecule has 0 aliphatic carbocycles. The fourth-order valence-corrected chi connectivity index (χ4v) is 4.82. The maximum Gasteiger partial charge on any atom is 0.254 e. The Morgan fingerprint density at radius 3 is 2.59 bits per heavy atom. The molecule has 0 bridgehead atoms. The van der Waals surface area contributed by atoms with E-state index in [0.29, 0.717) is 0 Å². The van der Waals surface area contributed by atoms with E-state index in [-0.39, 0.29) is 5.91 Å². The van der Waals surface area contributed by atoms with E-state index in [1.807, 2.05) is 17.5 Å². The molecule has 4 heterocycles. The molecule has 1 saturated heterocycles. The van der Waals surface area contributed by atoms with E-state index >= 15 is 0 Å². The molecule has 2 aromatic rings. The number of rotatable bonds is 6. The fourth-order valence-electron chi connectivity index (χ4n) is 3.90. The highest BCUT2D eigenvalue weighted by Crippen LogP contribution is 2.24. The summed E-state index contributed by atoms with van der Waals surface area (Å²) in [4.78, 5) is 29.4. The van der Waals surface area contributed by atoms with Crippen molar-refractivity contribution in [2.24, 2.45) is 0 Å². The monoisotopic (exact) mass is 385 g/mol. The van der Waals surface area contributed by atoms with Crippen molar-refractivity contribution in [3.05, 3.63) is 40.3 Å². The number of hydrogen-bond acceptors (Lipinski definition) is 6. The predicted molar refractivity (Wildman–Crippen MR) is 108 cm³/mol. The topological polar surface area (TPSA) is 52.6 Å². The van der Waals surface area contributed by atoms with E-state index in [4.69, 9.17) is 0 Å². The molecule has 1 amide bonds. The minimum atomic E-state index is 0.236. The van der Waals surface area contributed by atoms with Gasteiger partial charge in [0.05, 0.1) is 5.56 Å². The molecule has 1 fully saturated rings. The van der Waals surface area contributed by atoms with E-state index < -0.39 is 0 Å². The summed E-state index contributed by atoms with van der Waals surface area (Å²) in [6.45, 7) is 6.96. The van der Waals surface area contributed by atoms with Crippen LogP contribution in [0.4, 0.5) is 5.95 Å². The molecule has 0 unspecified atom stereocenters. The normalized spacial score (nSPS) is 18.4. The molecule has 0 saturated carbocycles. The number of aromatic nitrogens is 2. The zero-order valence-corrected chi connectivity index (χ0v) is 16.5. The first kappa shape index (κ1) is 18.4. The van der Waals surface area contributed by atoms with Gasteiger partial charge in [0.1, 0.15) is 0 Å². The van der Waals surface area contributed by atoms with Gasteiger partial charge < -0.3 is 9.80 Å². The zero-order chi connectivity index (χ0) is 18.5. The molecule has 4 rings (SSSR count). The van der Waals surface area contributed by atoms with E-state index in [1.54, 1.807) is 23.7 Å². The van der Waals surface area contributed by atoms with Crippen molar-refractivity contribution in [3.8, 4) is 0 Å². The molecular weight excluding hydrogens is 358 g/mol. The third-order valence-corrected chi connectivity index (χ3v) is 6.44. The first-order valence-corrected chi connectivity index (χ1v) is 10.8. The summed E-state index contributed by atoms with van der Waals surface area (Å²) < 4.78 is 0. The first-order chi connectivity index (χ1) is 13.3. The predicted octanol–water partition coefficient (Wildman–Crippen LogP) is 2.53. The summed E-state index contributed by atoms with van der Waals surface area (Å²) in [7, 11) is 0. The average Bonchev–Trinajstić information content (AvgIpc) is 3.13. The quantitative estimate of drug-likeness (QED) is 0.715. The molecule has 0 atom stereocenters. The number of unbranched alkanes of at least 4 members (excludes halogenated alkanes) is 1. The Kier molecular flexibility index (Phi) is 5.99. The maximum absolute atomic E-state index is 12.7. The van der Waals surface area contributed by atoms with Gasteiger partial charge in [-0.15, -0.1) is 11.3 Å². The van der Waals surface area contributed by atoms with Crippen LogP contribution in [0.1, 0.15) is 34.5 Å². The number of aryl methyl sites for hydroxylation is 1. The Morgan fingerprint density at radius 2 is 1.78 bits per heavy atom. The number of hydrogen-bond donors (Lipinski definition) is 0. The first-order valence-electron chi connectivity index (χ1n) is 9.91. The van der Waals surface area contributed by atoms with Gasteiger partial charge in [-0.3, -0.25) is 9.69 Å². The summed E-state index contributed by atoms with van der Waals surface area (Å²) in [5, 5.41) is 2.05. The molecule has 6 nitrogen and oxygen atoms in total. The lowest BCUT2D eigenvalue weighted by atomic mass is 10.2. The van der Waals surface area contributed by atoms with Crippen LogP contribution >= 0.6 is 11.3 Å². The lowest BCUT2D eigenvalue weighted by Crippen LogP contribution is -2.47. The van der Waals surface area contributed by atoms with Crippen LogP contribution in [0.3, 0.4) is 0 Å². The standard InChI is InChI=1S/C20H27N5OS/c26-19-17-6-16-27-18(17)5-3-11-24(19)10-2-1-9-23-12-14-25(15-13-23)20-21-7-4-8-22-20/h4,6-8,16H,1-3,5,9-15H2. The molecule has 0 spiro atoms. The molecule has 2 aromatic heterocycles. The van der Waals surface area contributed by atoms with Gasteiger partial charge in [0.15, 0.2) is 0 Å². The van der Waals surface area contributed by atoms with Gasteiger partial charge in [-0.2, -0.15) is 0 Å². The van der Waals surface area contributed by atoms with Crippen molar-refractivity contribution in [1.82, 2.24) is 19.8 Å². The third-order valence-electron chi connectivity index (χ3n) is 5.45. The van der Waals surface area contributed by atoms with Crippen molar-refractivity contribution in [3.63, 3.8) is 0 Å². The number of nitrogens with zero attached hydrogens (tertiary/aromatic N) is 5. The van der Waals surface area contributed by atoms with Gasteiger partial charge in [0.25, 0.3) is 5.91 Å². The van der Waals surface area contributed by atoms with Crippen LogP contribution in [0, 0.1) is 0 Å². The van der Waals surface area contributed by atoms with Crippen LogP contribution in [0.25, 0.3) is 0 Å². The number of carbonyl (C=O) groups excluding carboxylic acids is 1. The summed E-state index contributed by atoms with van der Waals surface area (Å²) in [6.07, 6.45) is 7.96. The highest BCUT2D eigenvalue weighted by Gasteiger charge is 2.23. The molecule has 0 N–H and O–H groups in total. The SMILES string of the molecule is O=C1c2ccsc2CCCN1CCCCN1CCN(c2ncccn2)CC1. The second-order valence-electron chi connectivity index (χ2n) is 7.24. The Morgan fingerprint density at radius 1 is 1.00 bits per heavy atom. The Bertz CT molecular complexity index is 742. The Balaban J connectivity index is 1.17.